The minimum atomic E-state index is -0.803. The van der Waals surface area contributed by atoms with Gasteiger partial charge in [0.05, 0.1) is 13.2 Å². The summed E-state index contributed by atoms with van der Waals surface area (Å²) in [6, 6.07) is 0. The van der Waals surface area contributed by atoms with Crippen LogP contribution in [0.25, 0.3) is 0 Å². The van der Waals surface area contributed by atoms with Crippen molar-refractivity contribution in [2.45, 2.75) is 38.5 Å². The smallest absolute Gasteiger partial charge is 0.404 e. The number of ketones is 1. The predicted octanol–water partition coefficient (Wildman–Crippen LogP) is 2.69. The number of hydrogen-bond donors (Lipinski definition) is 2. The second-order valence-corrected chi connectivity index (χ2v) is 9.21. The maximum absolute atomic E-state index is 13.2. The molecule has 4 rings (SSSR count). The average molecular weight is 388 g/mol. The number of amides is 2. The fourth-order valence-electron chi connectivity index (χ4n) is 6.23. The number of rotatable bonds is 8. The molecule has 0 aliphatic heterocycles. The molecule has 0 aromatic heterocycles. The van der Waals surface area contributed by atoms with Crippen molar-refractivity contribution in [1.82, 2.24) is 0 Å². The Labute approximate surface area is 164 Å². The van der Waals surface area contributed by atoms with E-state index in [0.717, 1.165) is 25.7 Å². The van der Waals surface area contributed by atoms with E-state index >= 15 is 0 Å². The van der Waals surface area contributed by atoms with Gasteiger partial charge in [-0.05, 0) is 49.4 Å². The van der Waals surface area contributed by atoms with Gasteiger partial charge in [0.2, 0.25) is 0 Å². The highest BCUT2D eigenvalue weighted by Gasteiger charge is 2.53. The van der Waals surface area contributed by atoms with Crippen LogP contribution < -0.4 is 11.5 Å². The second kappa shape index (κ2) is 6.94. The summed E-state index contributed by atoms with van der Waals surface area (Å²) in [7, 11) is 0. The number of Topliss-reactive ketones (excluding diaryl/α,β-unsaturated/α-hetero) is 1. The van der Waals surface area contributed by atoms with E-state index in [9.17, 15) is 14.4 Å². The van der Waals surface area contributed by atoms with Crippen LogP contribution in [0.2, 0.25) is 0 Å². The molecule has 2 amide bonds. The fraction of sp³-hybridized carbons (Fsp3) is 0.667. The van der Waals surface area contributed by atoms with E-state index in [1.807, 2.05) is 0 Å². The lowest BCUT2D eigenvalue weighted by molar-refractivity contribution is -0.126. The highest BCUT2D eigenvalue weighted by Crippen LogP contribution is 2.57. The number of carbonyl (C=O) groups excluding carboxylic acids is 3. The summed E-state index contributed by atoms with van der Waals surface area (Å²) >= 11 is 0. The molecule has 0 spiro atoms. The molecule has 2 fully saturated rings. The lowest BCUT2D eigenvalue weighted by Gasteiger charge is -2.38. The number of hydrogen-bond acceptors (Lipinski definition) is 5. The molecule has 6 atom stereocenters. The molecule has 4 aliphatic carbocycles. The van der Waals surface area contributed by atoms with E-state index in [-0.39, 0.29) is 41.7 Å². The molecular formula is C21H28N2O5. The largest absolute Gasteiger partial charge is 0.449 e. The summed E-state index contributed by atoms with van der Waals surface area (Å²) < 4.78 is 10.3. The fourth-order valence-corrected chi connectivity index (χ4v) is 6.23. The Kier molecular flexibility index (Phi) is 4.71. The lowest BCUT2D eigenvalue weighted by atomic mass is 9.68. The Morgan fingerprint density at radius 1 is 0.786 bits per heavy atom. The number of fused-ring (bicyclic) bond motifs is 4. The van der Waals surface area contributed by atoms with E-state index in [1.165, 1.54) is 0 Å². The molecule has 0 aromatic rings. The van der Waals surface area contributed by atoms with Gasteiger partial charge in [-0.3, -0.25) is 4.79 Å². The van der Waals surface area contributed by atoms with Gasteiger partial charge >= 0.3 is 12.2 Å². The number of primary amides is 2. The highest BCUT2D eigenvalue weighted by molar-refractivity contribution is 5.80. The van der Waals surface area contributed by atoms with Crippen LogP contribution in [0.5, 0.6) is 0 Å². The Balaban J connectivity index is 1.48. The maximum Gasteiger partial charge on any atom is 0.404 e. The van der Waals surface area contributed by atoms with Crippen LogP contribution in [0.15, 0.2) is 24.3 Å². The van der Waals surface area contributed by atoms with Crippen molar-refractivity contribution in [3.63, 3.8) is 0 Å². The van der Waals surface area contributed by atoms with Crippen LogP contribution >= 0.6 is 0 Å². The second-order valence-electron chi connectivity index (χ2n) is 9.21. The molecule has 0 radical (unpaired) electrons. The van der Waals surface area contributed by atoms with Crippen LogP contribution in [0.4, 0.5) is 9.59 Å². The number of ether oxygens (including phenoxy) is 2. The van der Waals surface area contributed by atoms with Crippen molar-refractivity contribution in [3.05, 3.63) is 24.3 Å². The third-order valence-electron chi connectivity index (χ3n) is 7.36. The molecule has 6 unspecified atom stereocenters. The molecule has 0 saturated heterocycles. The van der Waals surface area contributed by atoms with E-state index < -0.39 is 12.2 Å². The Morgan fingerprint density at radius 2 is 1.21 bits per heavy atom. The molecular weight excluding hydrogens is 360 g/mol. The predicted molar refractivity (Wildman–Crippen MR) is 101 cm³/mol. The van der Waals surface area contributed by atoms with Gasteiger partial charge < -0.3 is 20.9 Å². The first kappa shape index (κ1) is 19.0. The Bertz CT molecular complexity index is 687. The minimum absolute atomic E-state index is 0.128. The molecule has 4 aliphatic rings. The molecule has 0 heterocycles. The van der Waals surface area contributed by atoms with Crippen LogP contribution in [0.1, 0.15) is 38.5 Å². The maximum atomic E-state index is 13.2. The van der Waals surface area contributed by atoms with Crippen molar-refractivity contribution in [2.75, 3.05) is 13.2 Å². The SMILES string of the molecule is NC(=O)OCC1(CC(=O)CC2(COC(N)=O)CC3C=CC2C3)CC2C=CC1C2. The van der Waals surface area contributed by atoms with E-state index in [1.54, 1.807) is 0 Å². The van der Waals surface area contributed by atoms with Gasteiger partial charge in [0.25, 0.3) is 0 Å². The van der Waals surface area contributed by atoms with Gasteiger partial charge in [-0.15, -0.1) is 0 Å². The summed E-state index contributed by atoms with van der Waals surface area (Å²) in [5.41, 5.74) is 9.64. The van der Waals surface area contributed by atoms with Gasteiger partial charge in [0.15, 0.2) is 0 Å². The van der Waals surface area contributed by atoms with Crippen molar-refractivity contribution in [3.8, 4) is 0 Å². The normalized spacial score (nSPS) is 39.4. The highest BCUT2D eigenvalue weighted by atomic mass is 16.5. The van der Waals surface area contributed by atoms with Gasteiger partial charge in [0.1, 0.15) is 5.78 Å². The van der Waals surface area contributed by atoms with Crippen molar-refractivity contribution in [1.29, 1.82) is 0 Å². The summed E-state index contributed by atoms with van der Waals surface area (Å²) in [5.74, 6) is 1.47. The quantitative estimate of drug-likeness (QED) is 0.619. The zero-order valence-corrected chi connectivity index (χ0v) is 16.0. The zero-order chi connectivity index (χ0) is 19.9. The van der Waals surface area contributed by atoms with Crippen molar-refractivity contribution in [2.24, 2.45) is 46.0 Å². The molecule has 28 heavy (non-hydrogen) atoms. The van der Waals surface area contributed by atoms with E-state index in [0.29, 0.717) is 24.7 Å². The van der Waals surface area contributed by atoms with Crippen molar-refractivity contribution >= 4 is 18.0 Å². The zero-order valence-electron chi connectivity index (χ0n) is 16.0. The molecule has 2 saturated carbocycles. The molecule has 4 N–H and O–H groups in total. The summed E-state index contributed by atoms with van der Waals surface area (Å²) in [5, 5.41) is 0. The molecule has 152 valence electrons. The van der Waals surface area contributed by atoms with Crippen LogP contribution in [-0.4, -0.2) is 31.2 Å². The van der Waals surface area contributed by atoms with E-state index in [2.05, 4.69) is 24.3 Å². The third-order valence-corrected chi connectivity index (χ3v) is 7.36. The molecule has 4 bridgehead atoms. The molecule has 7 heteroatoms. The molecule has 0 aromatic carbocycles. The van der Waals surface area contributed by atoms with Gasteiger partial charge in [-0.2, -0.15) is 0 Å². The lowest BCUT2D eigenvalue weighted by Crippen LogP contribution is -2.40. The first-order valence-electron chi connectivity index (χ1n) is 10.0. The van der Waals surface area contributed by atoms with Crippen LogP contribution in [-0.2, 0) is 14.3 Å². The van der Waals surface area contributed by atoms with Crippen LogP contribution in [0.3, 0.4) is 0 Å². The van der Waals surface area contributed by atoms with Gasteiger partial charge in [-0.25, -0.2) is 9.59 Å². The minimum Gasteiger partial charge on any atom is -0.449 e. The Hall–Kier alpha value is -2.31. The topological polar surface area (TPSA) is 122 Å². The number of carbonyl (C=O) groups is 3. The van der Waals surface area contributed by atoms with Crippen LogP contribution in [0, 0.1) is 34.5 Å². The first-order valence-corrected chi connectivity index (χ1v) is 10.0. The number of allylic oxidation sites excluding steroid dienone is 4. The number of nitrogens with two attached hydrogens (primary N) is 2. The Morgan fingerprint density at radius 3 is 1.50 bits per heavy atom. The third kappa shape index (κ3) is 3.42. The van der Waals surface area contributed by atoms with Crippen molar-refractivity contribution < 1.29 is 23.9 Å². The summed E-state index contributed by atoms with van der Waals surface area (Å²) in [4.78, 5) is 35.6. The molecule has 7 nitrogen and oxygen atoms in total. The first-order chi connectivity index (χ1) is 13.3. The average Bonchev–Trinajstić information content (AvgIpc) is 3.38. The monoisotopic (exact) mass is 388 g/mol. The summed E-state index contributed by atoms with van der Waals surface area (Å²) in [6.07, 6.45) is 11.5. The van der Waals surface area contributed by atoms with Gasteiger partial charge in [-0.1, -0.05) is 24.3 Å². The standard InChI is InChI=1S/C21H28N2O5/c22-18(25)27-11-20(7-13-1-3-15(20)5-13)9-17(24)10-21(12-28-19(23)26)8-14-2-4-16(21)6-14/h1-4,13-16H,5-12H2,(H2,22,25)(H2,23,26). The summed E-state index contributed by atoms with van der Waals surface area (Å²) in [6.45, 7) is 0.354. The van der Waals surface area contributed by atoms with Gasteiger partial charge in [0, 0.05) is 23.7 Å². The van der Waals surface area contributed by atoms with E-state index in [4.69, 9.17) is 20.9 Å².